The van der Waals surface area contributed by atoms with Crippen molar-refractivity contribution in [1.82, 2.24) is 4.57 Å². The number of aromatic nitrogens is 1. The Morgan fingerprint density at radius 3 is 2.40 bits per heavy atom. The lowest BCUT2D eigenvalue weighted by atomic mass is 9.96. The third-order valence-electron chi connectivity index (χ3n) is 3.79. The van der Waals surface area contributed by atoms with Crippen molar-refractivity contribution < 1.29 is 30.7 Å². The number of hydrogen-bond acceptors (Lipinski definition) is 1. The van der Waals surface area contributed by atoms with Gasteiger partial charge in [-0.2, -0.15) is 22.8 Å². The van der Waals surface area contributed by atoms with E-state index in [2.05, 4.69) is 0 Å². The van der Waals surface area contributed by atoms with Crippen molar-refractivity contribution in [1.29, 1.82) is 5.26 Å². The van der Waals surface area contributed by atoms with Crippen LogP contribution >= 0.6 is 0 Å². The summed E-state index contributed by atoms with van der Waals surface area (Å²) in [4.78, 5) is 0. The maximum atomic E-state index is 14.5. The topological polar surface area (TPSA) is 28.7 Å². The van der Waals surface area contributed by atoms with Gasteiger partial charge >= 0.3 is 6.18 Å². The number of rotatable bonds is 1. The van der Waals surface area contributed by atoms with E-state index < -0.39 is 52.7 Å². The minimum Gasteiger partial charge on any atom is -0.286 e. The van der Waals surface area contributed by atoms with Gasteiger partial charge in [0.15, 0.2) is 12.3 Å². The molecule has 0 N–H and O–H groups in total. The first-order valence-electron chi connectivity index (χ1n) is 6.84. The van der Waals surface area contributed by atoms with Crippen LogP contribution in [-0.4, -0.2) is 10.7 Å². The summed E-state index contributed by atoms with van der Waals surface area (Å²) in [6.07, 6.45) is -8.84. The van der Waals surface area contributed by atoms with Crippen LogP contribution in [-0.2, 0) is 6.18 Å². The Labute approximate surface area is 136 Å². The van der Waals surface area contributed by atoms with Crippen molar-refractivity contribution in [3.63, 3.8) is 0 Å². The minimum absolute atomic E-state index is 0.323. The van der Waals surface area contributed by atoms with E-state index in [1.807, 2.05) is 0 Å². The highest BCUT2D eigenvalue weighted by Crippen LogP contribution is 2.46. The average molecular weight is 360 g/mol. The fourth-order valence-electron chi connectivity index (χ4n) is 2.72. The summed E-state index contributed by atoms with van der Waals surface area (Å²) in [5.41, 5.74) is -4.50. The van der Waals surface area contributed by atoms with E-state index in [0.717, 1.165) is 24.3 Å². The molecule has 0 fully saturated rings. The van der Waals surface area contributed by atoms with Gasteiger partial charge in [0, 0.05) is 11.3 Å². The number of nitriles is 1. The number of allylic oxidation sites excluding steroid dienone is 1. The van der Waals surface area contributed by atoms with Crippen molar-refractivity contribution in [2.24, 2.45) is 0 Å². The Kier molecular flexibility index (Phi) is 3.86. The third kappa shape index (κ3) is 2.58. The van der Waals surface area contributed by atoms with Crippen LogP contribution in [0.4, 0.5) is 30.7 Å². The van der Waals surface area contributed by atoms with Crippen molar-refractivity contribution in [2.75, 3.05) is 0 Å². The van der Waals surface area contributed by atoms with Crippen molar-refractivity contribution in [3.05, 3.63) is 58.4 Å². The zero-order chi connectivity index (χ0) is 18.5. The highest BCUT2D eigenvalue weighted by molar-refractivity contribution is 5.63. The Bertz CT molecular complexity index is 918. The van der Waals surface area contributed by atoms with Gasteiger partial charge in [0.2, 0.25) is 5.95 Å². The maximum absolute atomic E-state index is 14.5. The first-order valence-corrected chi connectivity index (χ1v) is 6.84. The lowest BCUT2D eigenvalue weighted by molar-refractivity contribution is -0.141. The molecule has 9 heteroatoms. The van der Waals surface area contributed by atoms with Gasteiger partial charge in [-0.3, -0.25) is 4.57 Å². The summed E-state index contributed by atoms with van der Waals surface area (Å²) in [7, 11) is 0. The molecule has 130 valence electrons. The van der Waals surface area contributed by atoms with Gasteiger partial charge in [0.25, 0.3) is 0 Å². The first-order chi connectivity index (χ1) is 11.7. The van der Waals surface area contributed by atoms with E-state index in [1.165, 1.54) is 6.07 Å². The number of benzene rings is 1. The number of hydrogen-bond donors (Lipinski definition) is 0. The normalized spacial score (nSPS) is 19.6. The number of nitrogens with zero attached hydrogens (tertiary/aromatic N) is 2. The molecule has 2 atom stereocenters. The Morgan fingerprint density at radius 1 is 1.12 bits per heavy atom. The second-order valence-electron chi connectivity index (χ2n) is 5.28. The molecule has 2 aromatic rings. The fraction of sp³-hybridized carbons (Fsp3) is 0.188. The van der Waals surface area contributed by atoms with E-state index >= 15 is 0 Å². The van der Waals surface area contributed by atoms with Crippen LogP contribution in [0, 0.1) is 23.1 Å². The Morgan fingerprint density at radius 2 is 1.80 bits per heavy atom. The van der Waals surface area contributed by atoms with Gasteiger partial charge < -0.3 is 0 Å². The van der Waals surface area contributed by atoms with Gasteiger partial charge in [-0.15, -0.1) is 0 Å². The molecular formula is C16H7F7N2. The molecule has 0 amide bonds. The van der Waals surface area contributed by atoms with E-state index in [4.69, 9.17) is 5.26 Å². The Hall–Kier alpha value is -2.76. The second-order valence-corrected chi connectivity index (χ2v) is 5.28. The van der Waals surface area contributed by atoms with E-state index in [0.29, 0.717) is 10.6 Å². The predicted octanol–water partition coefficient (Wildman–Crippen LogP) is 5.02. The molecular weight excluding hydrogens is 353 g/mol. The lowest BCUT2D eigenvalue weighted by Crippen LogP contribution is -2.17. The zero-order valence-electron chi connectivity index (χ0n) is 12.1. The van der Waals surface area contributed by atoms with E-state index in [9.17, 15) is 30.7 Å². The summed E-state index contributed by atoms with van der Waals surface area (Å²) in [5, 5.41) is 8.81. The number of alkyl halides is 5. The largest absolute Gasteiger partial charge is 0.421 e. The standard InChI is InChI=1S/C16H7F7N2/c17-9-2-1-8(5-7(9)6-24)25-11-4-3-10(18)14(19)12(11)13(15(25)20)16(21,22)23/h1-5,10,14H. The monoisotopic (exact) mass is 360 g/mol. The van der Waals surface area contributed by atoms with Gasteiger partial charge in [-0.05, 0) is 30.4 Å². The lowest BCUT2D eigenvalue weighted by Gasteiger charge is -2.18. The smallest absolute Gasteiger partial charge is 0.286 e. The van der Waals surface area contributed by atoms with Gasteiger partial charge in [0.1, 0.15) is 17.4 Å². The fourth-order valence-corrected chi connectivity index (χ4v) is 2.72. The molecule has 0 radical (unpaired) electrons. The van der Waals surface area contributed by atoms with Crippen LogP contribution in [0.5, 0.6) is 0 Å². The molecule has 1 aliphatic carbocycles. The van der Waals surface area contributed by atoms with Crippen molar-refractivity contribution >= 4 is 6.08 Å². The van der Waals surface area contributed by atoms with Crippen LogP contribution in [0.2, 0.25) is 0 Å². The molecule has 25 heavy (non-hydrogen) atoms. The molecule has 0 bridgehead atoms. The summed E-state index contributed by atoms with van der Waals surface area (Å²) in [6, 6.07) is 3.99. The highest BCUT2D eigenvalue weighted by Gasteiger charge is 2.46. The molecule has 1 aliphatic rings. The van der Waals surface area contributed by atoms with E-state index in [1.54, 1.807) is 0 Å². The summed E-state index contributed by atoms with van der Waals surface area (Å²) >= 11 is 0. The summed E-state index contributed by atoms with van der Waals surface area (Å²) in [6.45, 7) is 0. The predicted molar refractivity (Wildman–Crippen MR) is 73.2 cm³/mol. The molecule has 0 aliphatic heterocycles. The molecule has 1 heterocycles. The molecule has 2 nitrogen and oxygen atoms in total. The molecule has 2 unspecified atom stereocenters. The van der Waals surface area contributed by atoms with E-state index in [-0.39, 0.29) is 5.69 Å². The molecule has 1 aromatic heterocycles. The summed E-state index contributed by atoms with van der Waals surface area (Å²) in [5.74, 6) is -2.82. The SMILES string of the molecule is N#Cc1cc(-n2c(F)c(C(F)(F)F)c3c2C=CC(F)C3F)ccc1F. The average Bonchev–Trinajstić information content (AvgIpc) is 2.84. The first kappa shape index (κ1) is 17.1. The highest BCUT2D eigenvalue weighted by atomic mass is 19.4. The molecule has 0 saturated carbocycles. The molecule has 0 saturated heterocycles. The number of halogens is 7. The van der Waals surface area contributed by atoms with Crippen molar-refractivity contribution in [3.8, 4) is 11.8 Å². The number of fused-ring (bicyclic) bond motifs is 1. The van der Waals surface area contributed by atoms with Gasteiger partial charge in [-0.25, -0.2) is 13.2 Å². The third-order valence-corrected chi connectivity index (χ3v) is 3.79. The van der Waals surface area contributed by atoms with Crippen LogP contribution in [0.25, 0.3) is 11.8 Å². The Balaban J connectivity index is 2.36. The van der Waals surface area contributed by atoms with Crippen LogP contribution in [0.1, 0.15) is 28.6 Å². The maximum Gasteiger partial charge on any atom is 0.421 e. The molecule has 3 rings (SSSR count). The molecule has 0 spiro atoms. The van der Waals surface area contributed by atoms with Gasteiger partial charge in [-0.1, -0.05) is 0 Å². The van der Waals surface area contributed by atoms with Gasteiger partial charge in [0.05, 0.1) is 11.3 Å². The zero-order valence-corrected chi connectivity index (χ0v) is 12.1. The molecule has 1 aromatic carbocycles. The summed E-state index contributed by atoms with van der Waals surface area (Å²) < 4.78 is 95.4. The van der Waals surface area contributed by atoms with Crippen LogP contribution in [0.15, 0.2) is 24.3 Å². The van der Waals surface area contributed by atoms with Crippen molar-refractivity contribution in [2.45, 2.75) is 18.5 Å². The second kappa shape index (κ2) is 5.65. The quantitative estimate of drug-likeness (QED) is 0.657. The minimum atomic E-state index is -5.27. The van der Waals surface area contributed by atoms with Crippen LogP contribution in [0.3, 0.4) is 0 Å². The van der Waals surface area contributed by atoms with Crippen LogP contribution < -0.4 is 0 Å².